The predicted octanol–water partition coefficient (Wildman–Crippen LogP) is 9.44. The third kappa shape index (κ3) is 4.18. The minimum absolute atomic E-state index is 0.679. The third-order valence-corrected chi connectivity index (χ3v) is 10.2. The maximum absolute atomic E-state index is 4.58. The number of rotatable bonds is 4. The summed E-state index contributed by atoms with van der Waals surface area (Å²) in [6.45, 7) is 13.1. The Hall–Kier alpha value is -6.28. The monoisotopic (exact) mass is 650 g/mol. The molecule has 242 valence electrons. The van der Waals surface area contributed by atoms with E-state index in [2.05, 4.69) is 153 Å². The van der Waals surface area contributed by atoms with Crippen molar-refractivity contribution in [2.75, 3.05) is 0 Å². The van der Waals surface area contributed by atoms with Gasteiger partial charge >= 0.3 is 0 Å². The Balaban J connectivity index is 1.46. The first-order chi connectivity index (χ1) is 24.3. The molecule has 8 heteroatoms. The van der Waals surface area contributed by atoms with Crippen LogP contribution in [0.1, 0.15) is 33.4 Å². The number of nitrogens with zero attached hydrogens (tertiary/aromatic N) is 8. The minimum Gasteiger partial charge on any atom is -0.309 e. The van der Waals surface area contributed by atoms with Crippen LogP contribution >= 0.6 is 0 Å². The average molecular weight is 651 g/mol. The highest BCUT2D eigenvalue weighted by atomic mass is 15.0. The second kappa shape index (κ2) is 11.1. The van der Waals surface area contributed by atoms with E-state index in [1.54, 1.807) is 25.3 Å². The van der Waals surface area contributed by atoms with Gasteiger partial charge in [0.05, 0.1) is 33.4 Å². The largest absolute Gasteiger partial charge is 0.309 e. The lowest BCUT2D eigenvalue weighted by Crippen LogP contribution is -2.06. The highest BCUT2D eigenvalue weighted by Gasteiger charge is 2.25. The van der Waals surface area contributed by atoms with Crippen LogP contribution in [0.4, 0.5) is 0 Å². The normalized spacial score (nSPS) is 11.8. The molecule has 5 aromatic carbocycles. The third-order valence-electron chi connectivity index (χ3n) is 10.2. The minimum atomic E-state index is 0.679. The van der Waals surface area contributed by atoms with Crippen LogP contribution in [0.25, 0.3) is 77.8 Å². The number of hydrogen-bond acceptors (Lipinski definition) is 6. The molecule has 0 aliphatic carbocycles. The van der Waals surface area contributed by atoms with Crippen molar-refractivity contribution in [2.24, 2.45) is 0 Å². The molecule has 0 aliphatic heterocycles. The maximum Gasteiger partial charge on any atom is 0.163 e. The molecule has 9 aromatic rings. The number of aryl methyl sites for hydroxylation is 4. The highest BCUT2D eigenvalue weighted by molar-refractivity contribution is 6.26. The molecule has 0 bridgehead atoms. The van der Waals surface area contributed by atoms with Crippen LogP contribution in [0.5, 0.6) is 0 Å². The second-order valence-electron chi connectivity index (χ2n) is 13.2. The molecular weight excluding hydrogens is 617 g/mol. The van der Waals surface area contributed by atoms with E-state index in [0.717, 1.165) is 61.3 Å². The molecule has 0 N–H and O–H groups in total. The molecule has 0 spiro atoms. The summed E-state index contributed by atoms with van der Waals surface area (Å²) in [5.41, 5.74) is 15.9. The molecule has 0 saturated heterocycles. The molecule has 0 atom stereocenters. The Morgan fingerprint density at radius 1 is 0.440 bits per heavy atom. The summed E-state index contributed by atoms with van der Waals surface area (Å²) in [7, 11) is 0. The van der Waals surface area contributed by atoms with E-state index in [0.29, 0.717) is 11.6 Å². The molecule has 0 radical (unpaired) electrons. The molecule has 0 saturated carbocycles. The van der Waals surface area contributed by atoms with Crippen LogP contribution in [-0.2, 0) is 0 Å². The van der Waals surface area contributed by atoms with Gasteiger partial charge in [0.2, 0.25) is 0 Å². The highest BCUT2D eigenvalue weighted by Crippen LogP contribution is 2.45. The molecule has 4 heterocycles. The van der Waals surface area contributed by atoms with Crippen LogP contribution in [0.2, 0.25) is 0 Å². The smallest absolute Gasteiger partial charge is 0.163 e. The van der Waals surface area contributed by atoms with Gasteiger partial charge in [-0.25, -0.2) is 29.9 Å². The molecule has 50 heavy (non-hydrogen) atoms. The van der Waals surface area contributed by atoms with Gasteiger partial charge in [-0.05, 0) is 93.1 Å². The predicted molar refractivity (Wildman–Crippen MR) is 201 cm³/mol. The van der Waals surface area contributed by atoms with Gasteiger partial charge in [-0.15, -0.1) is 0 Å². The molecular formula is C42H34N8. The van der Waals surface area contributed by atoms with Gasteiger partial charge in [-0.1, -0.05) is 54.6 Å². The van der Waals surface area contributed by atoms with Crippen molar-refractivity contribution in [1.29, 1.82) is 0 Å². The van der Waals surface area contributed by atoms with E-state index in [1.807, 2.05) is 0 Å². The summed E-state index contributed by atoms with van der Waals surface area (Å²) in [5, 5.41) is 4.82. The summed E-state index contributed by atoms with van der Waals surface area (Å²) < 4.78 is 4.91. The van der Waals surface area contributed by atoms with E-state index in [4.69, 9.17) is 0 Å². The zero-order valence-electron chi connectivity index (χ0n) is 28.8. The van der Waals surface area contributed by atoms with Crippen LogP contribution in [-0.4, -0.2) is 39.0 Å². The van der Waals surface area contributed by atoms with Gasteiger partial charge in [0.1, 0.15) is 25.3 Å². The van der Waals surface area contributed by atoms with Crippen molar-refractivity contribution in [3.63, 3.8) is 0 Å². The van der Waals surface area contributed by atoms with E-state index in [1.165, 1.54) is 38.2 Å². The lowest BCUT2D eigenvalue weighted by molar-refractivity contribution is 1.04. The summed E-state index contributed by atoms with van der Waals surface area (Å²) in [6.07, 6.45) is 6.28. The Kier molecular flexibility index (Phi) is 6.64. The molecule has 0 unspecified atom stereocenters. The molecule has 0 aliphatic rings. The van der Waals surface area contributed by atoms with E-state index in [9.17, 15) is 0 Å². The molecule has 8 nitrogen and oxygen atoms in total. The summed E-state index contributed by atoms with van der Waals surface area (Å²) in [6, 6.07) is 26.6. The zero-order valence-corrected chi connectivity index (χ0v) is 28.8. The SMILES string of the molecule is Cc1cc(C)c(-n2c3ccccc3c3c2ccc2c4ccccc4n(-c4c(C)cc(C)c(-c5ncncn5)c4C)c23)c(C)c1-c1ncncn1. The van der Waals surface area contributed by atoms with Crippen molar-refractivity contribution in [3.05, 3.63) is 131 Å². The van der Waals surface area contributed by atoms with Crippen molar-refractivity contribution < 1.29 is 0 Å². The van der Waals surface area contributed by atoms with Crippen molar-refractivity contribution in [3.8, 4) is 34.2 Å². The first-order valence-electron chi connectivity index (χ1n) is 16.8. The van der Waals surface area contributed by atoms with E-state index < -0.39 is 0 Å². The van der Waals surface area contributed by atoms with Gasteiger partial charge in [0.25, 0.3) is 0 Å². The zero-order chi connectivity index (χ0) is 34.3. The average Bonchev–Trinajstić information content (AvgIpc) is 3.62. The fourth-order valence-electron chi connectivity index (χ4n) is 8.44. The van der Waals surface area contributed by atoms with Gasteiger partial charge in [0, 0.05) is 32.7 Å². The summed E-state index contributed by atoms with van der Waals surface area (Å²) in [5.74, 6) is 1.36. The standard InChI is InChI=1S/C42H34N8/c1-23-17-25(3)38(27(5)35(23)41-45-19-43-20-46-41)49-33-14-10-8-12-31(33)37-34(49)16-15-30-29-11-7-9-13-32(29)50(40(30)37)39-26(4)18-24(2)36(28(39)6)42-47-21-44-22-48-42/h7-22H,1-6H3. The van der Waals surface area contributed by atoms with Crippen molar-refractivity contribution in [1.82, 2.24) is 39.0 Å². The van der Waals surface area contributed by atoms with Gasteiger partial charge in [-0.2, -0.15) is 0 Å². The van der Waals surface area contributed by atoms with Gasteiger partial charge in [0.15, 0.2) is 11.6 Å². The number of hydrogen-bond donors (Lipinski definition) is 0. The topological polar surface area (TPSA) is 87.2 Å². The van der Waals surface area contributed by atoms with E-state index in [-0.39, 0.29) is 0 Å². The molecule has 0 fully saturated rings. The van der Waals surface area contributed by atoms with Gasteiger partial charge < -0.3 is 9.13 Å². The number of benzene rings is 5. The van der Waals surface area contributed by atoms with Crippen LogP contribution < -0.4 is 0 Å². The fourth-order valence-corrected chi connectivity index (χ4v) is 8.44. The van der Waals surface area contributed by atoms with Crippen LogP contribution in [0.3, 0.4) is 0 Å². The van der Waals surface area contributed by atoms with Crippen LogP contribution in [0, 0.1) is 41.5 Å². The summed E-state index contributed by atoms with van der Waals surface area (Å²) in [4.78, 5) is 26.5. The van der Waals surface area contributed by atoms with Crippen molar-refractivity contribution in [2.45, 2.75) is 41.5 Å². The first kappa shape index (κ1) is 29.8. The van der Waals surface area contributed by atoms with Crippen LogP contribution in [0.15, 0.2) is 98.1 Å². The van der Waals surface area contributed by atoms with E-state index >= 15 is 0 Å². The Morgan fingerprint density at radius 2 is 0.920 bits per heavy atom. The molecule has 9 rings (SSSR count). The summed E-state index contributed by atoms with van der Waals surface area (Å²) >= 11 is 0. The molecule has 0 amide bonds. The Labute approximate surface area is 289 Å². The lowest BCUT2D eigenvalue weighted by Gasteiger charge is -2.20. The maximum atomic E-state index is 4.58. The quantitative estimate of drug-likeness (QED) is 0.189. The lowest BCUT2D eigenvalue weighted by atomic mass is 9.96. The number of fused-ring (bicyclic) bond motifs is 7. The Morgan fingerprint density at radius 3 is 1.48 bits per heavy atom. The number of aromatic nitrogens is 8. The first-order valence-corrected chi connectivity index (χ1v) is 16.8. The van der Waals surface area contributed by atoms with Crippen molar-refractivity contribution >= 4 is 43.6 Å². The molecule has 4 aromatic heterocycles. The number of para-hydroxylation sites is 2. The fraction of sp³-hybridized carbons (Fsp3) is 0.143. The second-order valence-corrected chi connectivity index (χ2v) is 13.2. The Bertz CT molecular complexity index is 2810. The van der Waals surface area contributed by atoms with Gasteiger partial charge in [-0.3, -0.25) is 0 Å².